The second kappa shape index (κ2) is 7.04. The fourth-order valence-corrected chi connectivity index (χ4v) is 2.86. The van der Waals surface area contributed by atoms with Gasteiger partial charge in [0.2, 0.25) is 0 Å². The molecule has 2 aromatic heterocycles. The van der Waals surface area contributed by atoms with Gasteiger partial charge in [-0.25, -0.2) is 4.98 Å². The topological polar surface area (TPSA) is 34.0 Å². The highest BCUT2D eigenvalue weighted by Gasteiger charge is 2.17. The number of likely N-dealkylation sites (N-methyl/N-ethyl adjacent to an activating group) is 1. The minimum atomic E-state index is 0.375. The van der Waals surface area contributed by atoms with Crippen molar-refractivity contribution in [2.45, 2.75) is 33.2 Å². The molecule has 1 unspecified atom stereocenters. The number of imidazole rings is 1. The van der Waals surface area contributed by atoms with Crippen molar-refractivity contribution in [1.82, 2.24) is 19.4 Å². The minimum absolute atomic E-state index is 0.375. The number of aryl methyl sites for hydroxylation is 1. The molecule has 0 bridgehead atoms. The molecule has 4 nitrogen and oxygen atoms in total. The third-order valence-corrected chi connectivity index (χ3v) is 3.93. The first-order valence-electron chi connectivity index (χ1n) is 7.30. The SMILES string of the molecule is CCN(CC)CC(C)n1c(CCCl)nc2cnccc21. The van der Waals surface area contributed by atoms with E-state index in [1.165, 1.54) is 0 Å². The molecule has 2 heterocycles. The van der Waals surface area contributed by atoms with Gasteiger partial charge in [0.25, 0.3) is 0 Å². The molecule has 0 saturated carbocycles. The van der Waals surface area contributed by atoms with Crippen molar-refractivity contribution in [3.05, 3.63) is 24.3 Å². The molecule has 2 rings (SSSR count). The van der Waals surface area contributed by atoms with Gasteiger partial charge >= 0.3 is 0 Å². The minimum Gasteiger partial charge on any atom is -0.324 e. The molecule has 110 valence electrons. The molecule has 0 aliphatic rings. The Bertz CT molecular complexity index is 548. The van der Waals surface area contributed by atoms with E-state index in [9.17, 15) is 0 Å². The third-order valence-electron chi connectivity index (χ3n) is 3.74. The predicted octanol–water partition coefficient (Wildman–Crippen LogP) is 3.12. The van der Waals surface area contributed by atoms with E-state index in [4.69, 9.17) is 11.6 Å². The van der Waals surface area contributed by atoms with Gasteiger partial charge in [-0.3, -0.25) is 4.98 Å². The maximum Gasteiger partial charge on any atom is 0.111 e. The lowest BCUT2D eigenvalue weighted by molar-refractivity contribution is 0.261. The lowest BCUT2D eigenvalue weighted by atomic mass is 10.2. The number of nitrogens with zero attached hydrogens (tertiary/aromatic N) is 4. The molecule has 0 saturated heterocycles. The van der Waals surface area contributed by atoms with Crippen LogP contribution in [0, 0.1) is 0 Å². The Kier molecular flexibility index (Phi) is 5.38. The molecule has 0 aliphatic carbocycles. The molecular weight excluding hydrogens is 272 g/mol. The number of alkyl halides is 1. The van der Waals surface area contributed by atoms with Crippen LogP contribution in [0.3, 0.4) is 0 Å². The van der Waals surface area contributed by atoms with E-state index in [2.05, 4.69) is 40.2 Å². The maximum atomic E-state index is 5.92. The number of hydrogen-bond acceptors (Lipinski definition) is 3. The van der Waals surface area contributed by atoms with Gasteiger partial charge in [0.05, 0.1) is 11.7 Å². The lowest BCUT2D eigenvalue weighted by Gasteiger charge is -2.25. The molecule has 0 spiro atoms. The van der Waals surface area contributed by atoms with Crippen molar-refractivity contribution in [3.8, 4) is 0 Å². The zero-order chi connectivity index (χ0) is 14.5. The second-order valence-corrected chi connectivity index (χ2v) is 5.41. The normalized spacial score (nSPS) is 13.2. The third kappa shape index (κ3) is 3.13. The summed E-state index contributed by atoms with van der Waals surface area (Å²) in [5.74, 6) is 1.65. The molecule has 20 heavy (non-hydrogen) atoms. The average Bonchev–Trinajstić information content (AvgIpc) is 2.83. The molecule has 0 amide bonds. The van der Waals surface area contributed by atoms with Crippen LogP contribution in [0.2, 0.25) is 0 Å². The van der Waals surface area contributed by atoms with Crippen LogP contribution in [-0.2, 0) is 6.42 Å². The van der Waals surface area contributed by atoms with E-state index in [-0.39, 0.29) is 0 Å². The lowest BCUT2D eigenvalue weighted by Crippen LogP contribution is -2.30. The highest BCUT2D eigenvalue weighted by Crippen LogP contribution is 2.21. The standard InChI is InChI=1S/C15H23ClN4/c1-4-19(5-2)11-12(3)20-14-7-9-17-10-13(14)18-15(20)6-8-16/h7,9-10,12H,4-6,8,11H2,1-3H3. The molecule has 2 aromatic rings. The van der Waals surface area contributed by atoms with Gasteiger partial charge in [0.15, 0.2) is 0 Å². The second-order valence-electron chi connectivity index (χ2n) is 5.04. The summed E-state index contributed by atoms with van der Waals surface area (Å²) in [4.78, 5) is 11.3. The Morgan fingerprint density at radius 3 is 2.75 bits per heavy atom. The van der Waals surface area contributed by atoms with Crippen molar-refractivity contribution in [3.63, 3.8) is 0 Å². The van der Waals surface area contributed by atoms with Gasteiger partial charge in [0.1, 0.15) is 11.3 Å². The van der Waals surface area contributed by atoms with E-state index >= 15 is 0 Å². The van der Waals surface area contributed by atoms with E-state index in [0.29, 0.717) is 11.9 Å². The van der Waals surface area contributed by atoms with Crippen molar-refractivity contribution in [1.29, 1.82) is 0 Å². The van der Waals surface area contributed by atoms with Crippen LogP contribution in [0.5, 0.6) is 0 Å². The highest BCUT2D eigenvalue weighted by atomic mass is 35.5. The van der Waals surface area contributed by atoms with Crippen LogP contribution in [-0.4, -0.2) is 44.9 Å². The molecule has 0 radical (unpaired) electrons. The summed E-state index contributed by atoms with van der Waals surface area (Å²) in [6.07, 6.45) is 4.45. The van der Waals surface area contributed by atoms with Crippen LogP contribution in [0.15, 0.2) is 18.5 Å². The van der Waals surface area contributed by atoms with Crippen molar-refractivity contribution in [2.24, 2.45) is 0 Å². The van der Waals surface area contributed by atoms with E-state index < -0.39 is 0 Å². The monoisotopic (exact) mass is 294 g/mol. The maximum absolute atomic E-state index is 5.92. The fraction of sp³-hybridized carbons (Fsp3) is 0.600. The average molecular weight is 295 g/mol. The molecule has 0 aromatic carbocycles. The van der Waals surface area contributed by atoms with Crippen LogP contribution in [0.25, 0.3) is 11.0 Å². The van der Waals surface area contributed by atoms with Crippen LogP contribution < -0.4 is 0 Å². The van der Waals surface area contributed by atoms with Gasteiger partial charge < -0.3 is 9.47 Å². The summed E-state index contributed by atoms with van der Waals surface area (Å²) in [7, 11) is 0. The smallest absolute Gasteiger partial charge is 0.111 e. The Labute approximate surface area is 125 Å². The first-order chi connectivity index (χ1) is 9.71. The first-order valence-corrected chi connectivity index (χ1v) is 7.83. The Morgan fingerprint density at radius 2 is 2.10 bits per heavy atom. The molecular formula is C15H23ClN4. The van der Waals surface area contributed by atoms with Gasteiger partial charge in [0, 0.05) is 31.1 Å². The van der Waals surface area contributed by atoms with Crippen molar-refractivity contribution in [2.75, 3.05) is 25.5 Å². The number of hydrogen-bond donors (Lipinski definition) is 0. The summed E-state index contributed by atoms with van der Waals surface area (Å²) in [5.41, 5.74) is 2.11. The number of fused-ring (bicyclic) bond motifs is 1. The number of aromatic nitrogens is 3. The zero-order valence-electron chi connectivity index (χ0n) is 12.5. The highest BCUT2D eigenvalue weighted by molar-refractivity contribution is 6.17. The summed E-state index contributed by atoms with van der Waals surface area (Å²) >= 11 is 5.92. The molecule has 1 atom stereocenters. The molecule has 0 aliphatic heterocycles. The summed E-state index contributed by atoms with van der Waals surface area (Å²) < 4.78 is 2.32. The van der Waals surface area contributed by atoms with Crippen molar-refractivity contribution >= 4 is 22.6 Å². The summed E-state index contributed by atoms with van der Waals surface area (Å²) in [6, 6.07) is 2.42. The van der Waals surface area contributed by atoms with E-state index in [1.807, 2.05) is 18.5 Å². The van der Waals surface area contributed by atoms with Crippen LogP contribution in [0.4, 0.5) is 0 Å². The van der Waals surface area contributed by atoms with Crippen LogP contribution in [0.1, 0.15) is 32.6 Å². The van der Waals surface area contributed by atoms with E-state index in [1.54, 1.807) is 0 Å². The van der Waals surface area contributed by atoms with Gasteiger partial charge in [-0.2, -0.15) is 0 Å². The summed E-state index contributed by atoms with van der Waals surface area (Å²) in [5, 5.41) is 0. The number of halogens is 1. The molecule has 5 heteroatoms. The summed E-state index contributed by atoms with van der Waals surface area (Å²) in [6.45, 7) is 9.81. The van der Waals surface area contributed by atoms with Crippen molar-refractivity contribution < 1.29 is 0 Å². The van der Waals surface area contributed by atoms with E-state index in [0.717, 1.165) is 42.9 Å². The molecule has 0 fully saturated rings. The Hall–Kier alpha value is -1.13. The van der Waals surface area contributed by atoms with Gasteiger partial charge in [-0.15, -0.1) is 11.6 Å². The van der Waals surface area contributed by atoms with Gasteiger partial charge in [-0.1, -0.05) is 13.8 Å². The zero-order valence-corrected chi connectivity index (χ0v) is 13.3. The van der Waals surface area contributed by atoms with Crippen LogP contribution >= 0.6 is 11.6 Å². The first kappa shape index (κ1) is 15.3. The largest absolute Gasteiger partial charge is 0.324 e. The number of rotatable bonds is 7. The predicted molar refractivity (Wildman–Crippen MR) is 84.5 cm³/mol. The quantitative estimate of drug-likeness (QED) is 0.736. The molecule has 0 N–H and O–H groups in total. The van der Waals surface area contributed by atoms with Gasteiger partial charge in [-0.05, 0) is 26.1 Å². The Morgan fingerprint density at radius 1 is 1.35 bits per heavy atom. The Balaban J connectivity index is 2.37. The number of pyridine rings is 1. The fourth-order valence-electron chi connectivity index (χ4n) is 2.69.